The average Bonchev–Trinajstić information content (AvgIpc) is 2.66. The number of hydrogen-bond acceptors (Lipinski definition) is 2. The van der Waals surface area contributed by atoms with Gasteiger partial charge in [0.1, 0.15) is 0 Å². The molecule has 1 fully saturated rings. The van der Waals surface area contributed by atoms with Crippen LogP contribution in [0.5, 0.6) is 0 Å². The van der Waals surface area contributed by atoms with Crippen molar-refractivity contribution in [2.24, 2.45) is 0 Å². The van der Waals surface area contributed by atoms with Crippen molar-refractivity contribution >= 4 is 17.6 Å². The number of carbonyl (C=O) groups is 2. The number of benzene rings is 1. The summed E-state index contributed by atoms with van der Waals surface area (Å²) in [7, 11) is 0. The second kappa shape index (κ2) is 4.13. The van der Waals surface area contributed by atoms with Crippen LogP contribution in [0.1, 0.15) is 12.8 Å². The molecule has 0 unspecified atom stereocenters. The van der Waals surface area contributed by atoms with Crippen LogP contribution < -0.4 is 5.32 Å². The van der Waals surface area contributed by atoms with E-state index in [1.165, 1.54) is 4.90 Å². The van der Waals surface area contributed by atoms with E-state index in [-0.39, 0.29) is 11.9 Å². The van der Waals surface area contributed by atoms with Crippen LogP contribution in [0.15, 0.2) is 30.3 Å². The summed E-state index contributed by atoms with van der Waals surface area (Å²) in [5.74, 6) is -0.0940. The van der Waals surface area contributed by atoms with Crippen molar-refractivity contribution in [3.05, 3.63) is 30.3 Å². The van der Waals surface area contributed by atoms with Gasteiger partial charge in [-0.1, -0.05) is 18.2 Å². The first-order valence-electron chi connectivity index (χ1n) is 4.94. The smallest absolute Gasteiger partial charge is 0.307 e. The average molecular weight is 204 g/mol. The Balaban J connectivity index is 2.01. The number of nitrogens with one attached hydrogen (secondary N) is 1. The molecule has 2 rings (SSSR count). The van der Waals surface area contributed by atoms with Crippen LogP contribution in [0.25, 0.3) is 0 Å². The SMILES string of the molecule is O=C1CCCN1C(=O)Nc1ccccc1. The molecule has 0 atom stereocenters. The third-order valence-corrected chi connectivity index (χ3v) is 2.34. The van der Waals surface area contributed by atoms with Crippen molar-refractivity contribution in [1.29, 1.82) is 0 Å². The molecule has 1 aromatic rings. The maximum Gasteiger partial charge on any atom is 0.328 e. The Morgan fingerprint density at radius 3 is 2.60 bits per heavy atom. The van der Waals surface area contributed by atoms with Gasteiger partial charge in [-0.05, 0) is 18.6 Å². The minimum Gasteiger partial charge on any atom is -0.307 e. The van der Waals surface area contributed by atoms with Crippen molar-refractivity contribution in [1.82, 2.24) is 4.90 Å². The Kier molecular flexibility index (Phi) is 2.67. The minimum absolute atomic E-state index is 0.0940. The zero-order chi connectivity index (χ0) is 10.7. The number of likely N-dealkylation sites (tertiary alicyclic amines) is 1. The van der Waals surface area contributed by atoms with Gasteiger partial charge < -0.3 is 5.32 Å². The molecule has 0 spiro atoms. The highest BCUT2D eigenvalue weighted by molar-refractivity contribution is 6.02. The molecule has 0 saturated carbocycles. The van der Waals surface area contributed by atoms with Crippen LogP contribution in [-0.2, 0) is 4.79 Å². The molecular weight excluding hydrogens is 192 g/mol. The van der Waals surface area contributed by atoms with E-state index in [0.29, 0.717) is 18.7 Å². The zero-order valence-corrected chi connectivity index (χ0v) is 8.27. The van der Waals surface area contributed by atoms with E-state index in [1.54, 1.807) is 12.1 Å². The van der Waals surface area contributed by atoms with E-state index in [1.807, 2.05) is 18.2 Å². The Bertz CT molecular complexity index is 375. The molecule has 15 heavy (non-hydrogen) atoms. The van der Waals surface area contributed by atoms with Gasteiger partial charge in [-0.2, -0.15) is 0 Å². The molecule has 0 radical (unpaired) electrons. The van der Waals surface area contributed by atoms with Crippen molar-refractivity contribution in [3.8, 4) is 0 Å². The lowest BCUT2D eigenvalue weighted by Crippen LogP contribution is -2.35. The van der Waals surface area contributed by atoms with E-state index in [4.69, 9.17) is 0 Å². The monoisotopic (exact) mass is 204 g/mol. The second-order valence-electron chi connectivity index (χ2n) is 3.45. The second-order valence-corrected chi connectivity index (χ2v) is 3.45. The van der Waals surface area contributed by atoms with Gasteiger partial charge in [0.2, 0.25) is 5.91 Å². The molecule has 1 aliphatic heterocycles. The maximum absolute atomic E-state index is 11.6. The predicted octanol–water partition coefficient (Wildman–Crippen LogP) is 1.84. The summed E-state index contributed by atoms with van der Waals surface area (Å²) in [6, 6.07) is 8.79. The van der Waals surface area contributed by atoms with Gasteiger partial charge in [0, 0.05) is 18.7 Å². The first kappa shape index (κ1) is 9.71. The summed E-state index contributed by atoms with van der Waals surface area (Å²) in [5.41, 5.74) is 0.710. The number of carbonyl (C=O) groups excluding carboxylic acids is 2. The molecule has 0 aromatic heterocycles. The molecule has 0 bridgehead atoms. The van der Waals surface area contributed by atoms with Crippen LogP contribution in [0.2, 0.25) is 0 Å². The topological polar surface area (TPSA) is 49.4 Å². The Morgan fingerprint density at radius 1 is 1.27 bits per heavy atom. The van der Waals surface area contributed by atoms with E-state index in [9.17, 15) is 9.59 Å². The van der Waals surface area contributed by atoms with Crippen LogP contribution >= 0.6 is 0 Å². The Hall–Kier alpha value is -1.84. The third-order valence-electron chi connectivity index (χ3n) is 2.34. The molecule has 1 heterocycles. The van der Waals surface area contributed by atoms with Gasteiger partial charge in [-0.3, -0.25) is 9.69 Å². The van der Waals surface area contributed by atoms with E-state index < -0.39 is 0 Å². The fourth-order valence-corrected chi connectivity index (χ4v) is 1.58. The number of urea groups is 1. The number of nitrogens with zero attached hydrogens (tertiary/aromatic N) is 1. The van der Waals surface area contributed by atoms with Crippen LogP contribution in [0.3, 0.4) is 0 Å². The lowest BCUT2D eigenvalue weighted by molar-refractivity contribution is -0.125. The van der Waals surface area contributed by atoms with Gasteiger partial charge in [-0.15, -0.1) is 0 Å². The standard InChI is InChI=1S/C11H12N2O2/c14-10-7-4-8-13(10)11(15)12-9-5-2-1-3-6-9/h1-3,5-6H,4,7-8H2,(H,12,15). The van der Waals surface area contributed by atoms with Crippen LogP contribution in [0.4, 0.5) is 10.5 Å². The lowest BCUT2D eigenvalue weighted by atomic mass is 10.3. The first-order chi connectivity index (χ1) is 7.27. The largest absolute Gasteiger partial charge is 0.328 e. The molecule has 4 nitrogen and oxygen atoms in total. The van der Waals surface area contributed by atoms with Crippen LogP contribution in [-0.4, -0.2) is 23.4 Å². The number of amides is 3. The van der Waals surface area contributed by atoms with Gasteiger partial charge in [0.25, 0.3) is 0 Å². The quantitative estimate of drug-likeness (QED) is 0.758. The molecule has 1 N–H and O–H groups in total. The molecule has 78 valence electrons. The summed E-state index contributed by atoms with van der Waals surface area (Å²) in [5, 5.41) is 2.68. The van der Waals surface area contributed by atoms with Crippen molar-refractivity contribution in [2.45, 2.75) is 12.8 Å². The highest BCUT2D eigenvalue weighted by Crippen LogP contribution is 2.12. The molecule has 1 aromatic carbocycles. The van der Waals surface area contributed by atoms with Gasteiger partial charge in [0.05, 0.1) is 0 Å². The van der Waals surface area contributed by atoms with Crippen molar-refractivity contribution < 1.29 is 9.59 Å². The van der Waals surface area contributed by atoms with Gasteiger partial charge in [-0.25, -0.2) is 4.79 Å². The normalized spacial score (nSPS) is 15.5. The first-order valence-corrected chi connectivity index (χ1v) is 4.94. The van der Waals surface area contributed by atoms with Gasteiger partial charge >= 0.3 is 6.03 Å². The fraction of sp³-hybridized carbons (Fsp3) is 0.273. The number of imide groups is 1. The van der Waals surface area contributed by atoms with Crippen molar-refractivity contribution in [3.63, 3.8) is 0 Å². The summed E-state index contributed by atoms with van der Waals surface area (Å²) < 4.78 is 0. The number of anilines is 1. The maximum atomic E-state index is 11.6. The van der Waals surface area contributed by atoms with E-state index >= 15 is 0 Å². The summed E-state index contributed by atoms with van der Waals surface area (Å²) in [6.45, 7) is 0.525. The molecule has 1 aliphatic rings. The molecule has 0 aliphatic carbocycles. The Morgan fingerprint density at radius 2 is 2.00 bits per heavy atom. The molecule has 4 heteroatoms. The number of para-hydroxylation sites is 1. The highest BCUT2D eigenvalue weighted by Gasteiger charge is 2.26. The minimum atomic E-state index is -0.330. The molecule has 1 saturated heterocycles. The third kappa shape index (κ3) is 2.15. The Labute approximate surface area is 87.9 Å². The van der Waals surface area contributed by atoms with Crippen LogP contribution in [0, 0.1) is 0 Å². The van der Waals surface area contributed by atoms with Gasteiger partial charge in [0.15, 0.2) is 0 Å². The number of rotatable bonds is 1. The highest BCUT2D eigenvalue weighted by atomic mass is 16.2. The predicted molar refractivity (Wildman–Crippen MR) is 56.4 cm³/mol. The molecule has 3 amide bonds. The summed E-state index contributed by atoms with van der Waals surface area (Å²) in [4.78, 5) is 24.1. The number of hydrogen-bond donors (Lipinski definition) is 1. The van der Waals surface area contributed by atoms with Crippen molar-refractivity contribution in [2.75, 3.05) is 11.9 Å². The summed E-state index contributed by atoms with van der Waals surface area (Å²) in [6.07, 6.45) is 1.24. The lowest BCUT2D eigenvalue weighted by Gasteiger charge is -2.14. The summed E-state index contributed by atoms with van der Waals surface area (Å²) >= 11 is 0. The van der Waals surface area contributed by atoms with E-state index in [0.717, 1.165) is 6.42 Å². The fourth-order valence-electron chi connectivity index (χ4n) is 1.58. The molecular formula is C11H12N2O2. The zero-order valence-electron chi connectivity index (χ0n) is 8.27. The van der Waals surface area contributed by atoms with E-state index in [2.05, 4.69) is 5.32 Å².